The van der Waals surface area contributed by atoms with Crippen molar-refractivity contribution in [2.24, 2.45) is 5.92 Å². The number of hydrogen-bond acceptors (Lipinski definition) is 2. The molecule has 0 fully saturated rings. The Balaban J connectivity index is 1.88. The van der Waals surface area contributed by atoms with Gasteiger partial charge in [-0.3, -0.25) is 0 Å². The largest absolute Gasteiger partial charge is 0.396 e. The second-order valence-electron chi connectivity index (χ2n) is 5.25. The lowest BCUT2D eigenvalue weighted by molar-refractivity contribution is 0.223. The molecule has 1 atom stereocenters. The van der Waals surface area contributed by atoms with Crippen molar-refractivity contribution in [1.29, 1.82) is 0 Å². The fourth-order valence-electron chi connectivity index (χ4n) is 2.85. The summed E-state index contributed by atoms with van der Waals surface area (Å²) < 4.78 is 0. The number of benzene rings is 2. The number of rotatable bonds is 3. The van der Waals surface area contributed by atoms with Crippen molar-refractivity contribution in [2.75, 3.05) is 18.1 Å². The first kappa shape index (κ1) is 12.2. The van der Waals surface area contributed by atoms with Crippen LogP contribution in [-0.4, -0.2) is 18.3 Å². The van der Waals surface area contributed by atoms with E-state index in [-0.39, 0.29) is 6.61 Å². The van der Waals surface area contributed by atoms with E-state index >= 15 is 0 Å². The van der Waals surface area contributed by atoms with Gasteiger partial charge in [0.05, 0.1) is 0 Å². The second-order valence-corrected chi connectivity index (χ2v) is 5.25. The van der Waals surface area contributed by atoms with Crippen LogP contribution in [0.5, 0.6) is 0 Å². The number of aliphatic hydroxyl groups is 1. The van der Waals surface area contributed by atoms with Gasteiger partial charge in [-0.2, -0.15) is 0 Å². The predicted octanol–water partition coefficient (Wildman–Crippen LogP) is 2.86. The van der Waals surface area contributed by atoms with E-state index in [1.807, 2.05) is 6.07 Å². The zero-order valence-corrected chi connectivity index (χ0v) is 11.0. The molecule has 1 aliphatic rings. The molecule has 0 aromatic heterocycles. The molecule has 2 aromatic carbocycles. The van der Waals surface area contributed by atoms with E-state index < -0.39 is 0 Å². The van der Waals surface area contributed by atoms with Crippen LogP contribution in [0.2, 0.25) is 0 Å². The predicted molar refractivity (Wildman–Crippen MR) is 78.2 cm³/mol. The Morgan fingerprint density at radius 2 is 1.74 bits per heavy atom. The van der Waals surface area contributed by atoms with Crippen molar-refractivity contribution >= 4 is 5.69 Å². The van der Waals surface area contributed by atoms with E-state index in [4.69, 9.17) is 0 Å². The summed E-state index contributed by atoms with van der Waals surface area (Å²) in [6, 6.07) is 19.1. The number of para-hydroxylation sites is 1. The Morgan fingerprint density at radius 3 is 2.53 bits per heavy atom. The van der Waals surface area contributed by atoms with Crippen molar-refractivity contribution in [3.63, 3.8) is 0 Å². The summed E-state index contributed by atoms with van der Waals surface area (Å²) in [7, 11) is 0. The zero-order valence-electron chi connectivity index (χ0n) is 11.0. The van der Waals surface area contributed by atoms with E-state index in [1.165, 1.54) is 16.8 Å². The fourth-order valence-corrected chi connectivity index (χ4v) is 2.85. The first-order valence-electron chi connectivity index (χ1n) is 6.84. The Kier molecular flexibility index (Phi) is 3.51. The maximum atomic E-state index is 9.47. The number of nitrogens with zero attached hydrogens (tertiary/aromatic N) is 1. The Labute approximate surface area is 114 Å². The minimum absolute atomic E-state index is 0.264. The highest BCUT2D eigenvalue weighted by atomic mass is 16.3. The SMILES string of the molecule is OCC1Cc2ccccc2N(Cc2ccccc2)C1. The average Bonchev–Trinajstić information content (AvgIpc) is 2.48. The monoisotopic (exact) mass is 253 g/mol. The molecule has 0 radical (unpaired) electrons. The number of hydrogen-bond donors (Lipinski definition) is 1. The fraction of sp³-hybridized carbons (Fsp3) is 0.294. The summed E-state index contributed by atoms with van der Waals surface area (Å²) in [6.07, 6.45) is 0.984. The van der Waals surface area contributed by atoms with Gasteiger partial charge < -0.3 is 10.0 Å². The van der Waals surface area contributed by atoms with E-state index in [0.29, 0.717) is 5.92 Å². The summed E-state index contributed by atoms with van der Waals surface area (Å²) >= 11 is 0. The molecule has 98 valence electrons. The topological polar surface area (TPSA) is 23.5 Å². The lowest BCUT2D eigenvalue weighted by atomic mass is 9.92. The lowest BCUT2D eigenvalue weighted by Gasteiger charge is -2.35. The van der Waals surface area contributed by atoms with Gasteiger partial charge in [0, 0.05) is 31.3 Å². The summed E-state index contributed by atoms with van der Waals surface area (Å²) in [5.41, 5.74) is 3.98. The van der Waals surface area contributed by atoms with Crippen molar-refractivity contribution in [3.8, 4) is 0 Å². The maximum Gasteiger partial charge on any atom is 0.0479 e. The van der Waals surface area contributed by atoms with Gasteiger partial charge in [0.2, 0.25) is 0 Å². The minimum atomic E-state index is 0.264. The van der Waals surface area contributed by atoms with E-state index in [1.54, 1.807) is 0 Å². The first-order chi connectivity index (χ1) is 9.36. The standard InChI is InChI=1S/C17H19NO/c19-13-15-10-16-8-4-5-9-17(16)18(12-15)11-14-6-2-1-3-7-14/h1-9,15,19H,10-13H2. The van der Waals surface area contributed by atoms with Crippen LogP contribution in [0.15, 0.2) is 54.6 Å². The summed E-state index contributed by atoms with van der Waals surface area (Å²) in [5.74, 6) is 0.346. The van der Waals surface area contributed by atoms with E-state index in [9.17, 15) is 5.11 Å². The molecule has 0 spiro atoms. The Hall–Kier alpha value is -1.80. The zero-order chi connectivity index (χ0) is 13.1. The highest BCUT2D eigenvalue weighted by Gasteiger charge is 2.23. The molecule has 2 heteroatoms. The minimum Gasteiger partial charge on any atom is -0.396 e. The number of fused-ring (bicyclic) bond motifs is 1. The molecule has 2 aromatic rings. The van der Waals surface area contributed by atoms with Gasteiger partial charge in [-0.15, -0.1) is 0 Å². The Bertz CT molecular complexity index is 538. The molecular formula is C17H19NO. The van der Waals surface area contributed by atoms with Crippen molar-refractivity contribution < 1.29 is 5.11 Å². The molecule has 0 bridgehead atoms. The molecular weight excluding hydrogens is 234 g/mol. The molecule has 19 heavy (non-hydrogen) atoms. The maximum absolute atomic E-state index is 9.47. The highest BCUT2D eigenvalue weighted by Crippen LogP contribution is 2.30. The van der Waals surface area contributed by atoms with Gasteiger partial charge in [0.25, 0.3) is 0 Å². The molecule has 3 rings (SSSR count). The molecule has 0 aliphatic carbocycles. The van der Waals surface area contributed by atoms with Crippen LogP contribution in [0.3, 0.4) is 0 Å². The lowest BCUT2D eigenvalue weighted by Crippen LogP contribution is -2.36. The van der Waals surface area contributed by atoms with E-state index in [2.05, 4.69) is 53.4 Å². The van der Waals surface area contributed by atoms with Crippen LogP contribution in [0, 0.1) is 5.92 Å². The van der Waals surface area contributed by atoms with Crippen LogP contribution in [-0.2, 0) is 13.0 Å². The molecule has 0 saturated carbocycles. The second kappa shape index (κ2) is 5.45. The molecule has 1 N–H and O–H groups in total. The van der Waals surface area contributed by atoms with Gasteiger partial charge in [0.1, 0.15) is 0 Å². The quantitative estimate of drug-likeness (QED) is 0.909. The number of anilines is 1. The van der Waals surface area contributed by atoms with Crippen LogP contribution in [0.1, 0.15) is 11.1 Å². The third-order valence-electron chi connectivity index (χ3n) is 3.79. The number of aliphatic hydroxyl groups excluding tert-OH is 1. The van der Waals surface area contributed by atoms with Crippen LogP contribution in [0.25, 0.3) is 0 Å². The average molecular weight is 253 g/mol. The Morgan fingerprint density at radius 1 is 1.00 bits per heavy atom. The van der Waals surface area contributed by atoms with Gasteiger partial charge in [0.15, 0.2) is 0 Å². The summed E-state index contributed by atoms with van der Waals surface area (Å²) in [4.78, 5) is 2.38. The van der Waals surface area contributed by atoms with Crippen molar-refractivity contribution in [3.05, 3.63) is 65.7 Å². The van der Waals surface area contributed by atoms with Gasteiger partial charge in [-0.05, 0) is 23.6 Å². The highest BCUT2D eigenvalue weighted by molar-refractivity contribution is 5.56. The summed E-state index contributed by atoms with van der Waals surface area (Å²) in [6.45, 7) is 2.11. The third-order valence-corrected chi connectivity index (χ3v) is 3.79. The van der Waals surface area contributed by atoms with Gasteiger partial charge in [-0.25, -0.2) is 0 Å². The van der Waals surface area contributed by atoms with Crippen molar-refractivity contribution in [1.82, 2.24) is 0 Å². The molecule has 1 heterocycles. The summed E-state index contributed by atoms with van der Waals surface area (Å²) in [5, 5.41) is 9.47. The van der Waals surface area contributed by atoms with Gasteiger partial charge in [-0.1, -0.05) is 48.5 Å². The van der Waals surface area contributed by atoms with Crippen LogP contribution >= 0.6 is 0 Å². The molecule has 2 nitrogen and oxygen atoms in total. The van der Waals surface area contributed by atoms with Crippen LogP contribution in [0.4, 0.5) is 5.69 Å². The smallest absolute Gasteiger partial charge is 0.0479 e. The van der Waals surface area contributed by atoms with E-state index in [0.717, 1.165) is 19.5 Å². The molecule has 1 aliphatic heterocycles. The van der Waals surface area contributed by atoms with Crippen molar-refractivity contribution in [2.45, 2.75) is 13.0 Å². The molecule has 0 amide bonds. The normalized spacial score (nSPS) is 18.2. The molecule has 1 unspecified atom stereocenters. The molecule has 0 saturated heterocycles. The van der Waals surface area contributed by atoms with Gasteiger partial charge >= 0.3 is 0 Å². The third kappa shape index (κ3) is 2.64. The first-order valence-corrected chi connectivity index (χ1v) is 6.84. The van der Waals surface area contributed by atoms with Crippen LogP contribution < -0.4 is 4.90 Å².